The van der Waals surface area contributed by atoms with Gasteiger partial charge in [-0.25, -0.2) is 4.98 Å². The number of rotatable bonds is 3. The number of aryl methyl sites for hydroxylation is 1. The lowest BCUT2D eigenvalue weighted by Crippen LogP contribution is -2.19. The largest absolute Gasteiger partial charge is 0.376 e. The normalized spacial score (nSPS) is 19.3. The SMILES string of the molecule is Cc1cc(NC[C@H]2CCCO2)nc2ccccc12. The summed E-state index contributed by atoms with van der Waals surface area (Å²) in [5.74, 6) is 0.946. The third kappa shape index (κ3) is 2.31. The first-order valence-electron chi connectivity index (χ1n) is 6.55. The molecule has 0 aliphatic carbocycles. The molecule has 3 heteroatoms. The van der Waals surface area contributed by atoms with Crippen molar-refractivity contribution in [3.8, 4) is 0 Å². The lowest BCUT2D eigenvalue weighted by molar-refractivity contribution is 0.120. The summed E-state index contributed by atoms with van der Waals surface area (Å²) in [6.07, 6.45) is 2.68. The van der Waals surface area contributed by atoms with Gasteiger partial charge >= 0.3 is 0 Å². The second-order valence-corrected chi connectivity index (χ2v) is 4.86. The molecule has 1 saturated heterocycles. The Kier molecular flexibility index (Phi) is 3.15. The van der Waals surface area contributed by atoms with E-state index in [4.69, 9.17) is 4.74 Å². The maximum atomic E-state index is 5.60. The molecule has 0 radical (unpaired) electrons. The van der Waals surface area contributed by atoms with Crippen LogP contribution in [0.1, 0.15) is 18.4 Å². The molecule has 1 fully saturated rings. The number of aromatic nitrogens is 1. The maximum Gasteiger partial charge on any atom is 0.127 e. The number of para-hydroxylation sites is 1. The molecule has 0 spiro atoms. The maximum absolute atomic E-state index is 5.60. The fourth-order valence-electron chi connectivity index (χ4n) is 2.46. The van der Waals surface area contributed by atoms with Gasteiger partial charge in [-0.05, 0) is 37.5 Å². The van der Waals surface area contributed by atoms with Gasteiger partial charge in [-0.1, -0.05) is 18.2 Å². The first kappa shape index (κ1) is 11.5. The molecule has 0 unspecified atom stereocenters. The molecule has 3 rings (SSSR count). The Hall–Kier alpha value is -1.61. The standard InChI is InChI=1S/C15H18N2O/c1-11-9-15(16-10-12-5-4-8-18-12)17-14-7-3-2-6-13(11)14/h2-3,6-7,9,12H,4-5,8,10H2,1H3,(H,16,17)/t12-/m1/s1. The Morgan fingerprint density at radius 1 is 1.39 bits per heavy atom. The predicted molar refractivity (Wildman–Crippen MR) is 73.9 cm³/mol. The number of hydrogen-bond acceptors (Lipinski definition) is 3. The van der Waals surface area contributed by atoms with E-state index in [0.717, 1.165) is 30.9 Å². The number of pyridine rings is 1. The van der Waals surface area contributed by atoms with E-state index >= 15 is 0 Å². The highest BCUT2D eigenvalue weighted by molar-refractivity contribution is 5.83. The number of anilines is 1. The molecule has 1 N–H and O–H groups in total. The lowest BCUT2D eigenvalue weighted by atomic mass is 10.1. The molecule has 1 aromatic heterocycles. The van der Waals surface area contributed by atoms with E-state index in [9.17, 15) is 0 Å². The molecule has 18 heavy (non-hydrogen) atoms. The van der Waals surface area contributed by atoms with E-state index in [1.54, 1.807) is 0 Å². The van der Waals surface area contributed by atoms with Crippen molar-refractivity contribution in [1.29, 1.82) is 0 Å². The molecule has 1 aliphatic heterocycles. The van der Waals surface area contributed by atoms with Crippen LogP contribution in [0.5, 0.6) is 0 Å². The molecule has 2 aromatic rings. The molecular weight excluding hydrogens is 224 g/mol. The fraction of sp³-hybridized carbons (Fsp3) is 0.400. The van der Waals surface area contributed by atoms with E-state index in [0.29, 0.717) is 6.10 Å². The van der Waals surface area contributed by atoms with Gasteiger partial charge in [0.2, 0.25) is 0 Å². The number of benzene rings is 1. The second kappa shape index (κ2) is 4.94. The monoisotopic (exact) mass is 242 g/mol. The third-order valence-electron chi connectivity index (χ3n) is 3.46. The molecule has 1 aromatic carbocycles. The van der Waals surface area contributed by atoms with E-state index in [1.807, 2.05) is 6.07 Å². The van der Waals surface area contributed by atoms with Gasteiger partial charge in [0.15, 0.2) is 0 Å². The van der Waals surface area contributed by atoms with Gasteiger partial charge in [0.05, 0.1) is 11.6 Å². The van der Waals surface area contributed by atoms with Crippen molar-refractivity contribution in [1.82, 2.24) is 4.98 Å². The highest BCUT2D eigenvalue weighted by Crippen LogP contribution is 2.20. The minimum absolute atomic E-state index is 0.346. The molecule has 0 amide bonds. The molecule has 2 heterocycles. The van der Waals surface area contributed by atoms with Crippen molar-refractivity contribution in [2.24, 2.45) is 0 Å². The zero-order chi connectivity index (χ0) is 12.4. The van der Waals surface area contributed by atoms with Crippen molar-refractivity contribution in [3.05, 3.63) is 35.9 Å². The molecule has 3 nitrogen and oxygen atoms in total. The molecular formula is C15H18N2O. The summed E-state index contributed by atoms with van der Waals surface area (Å²) in [5.41, 5.74) is 2.31. The summed E-state index contributed by atoms with van der Waals surface area (Å²) in [7, 11) is 0. The van der Waals surface area contributed by atoms with Gasteiger partial charge in [0.25, 0.3) is 0 Å². The summed E-state index contributed by atoms with van der Waals surface area (Å²) >= 11 is 0. The van der Waals surface area contributed by atoms with Gasteiger partial charge in [-0.15, -0.1) is 0 Å². The van der Waals surface area contributed by atoms with E-state index in [1.165, 1.54) is 17.4 Å². The van der Waals surface area contributed by atoms with Gasteiger partial charge in [0.1, 0.15) is 5.82 Å². The summed E-state index contributed by atoms with van der Waals surface area (Å²) < 4.78 is 5.60. The Balaban J connectivity index is 1.79. The average Bonchev–Trinajstić information content (AvgIpc) is 2.90. The zero-order valence-corrected chi connectivity index (χ0v) is 10.6. The van der Waals surface area contributed by atoms with Crippen LogP contribution in [0.25, 0.3) is 10.9 Å². The van der Waals surface area contributed by atoms with Crippen molar-refractivity contribution in [3.63, 3.8) is 0 Å². The third-order valence-corrected chi connectivity index (χ3v) is 3.46. The highest BCUT2D eigenvalue weighted by atomic mass is 16.5. The number of nitrogens with zero attached hydrogens (tertiary/aromatic N) is 1. The highest BCUT2D eigenvalue weighted by Gasteiger charge is 2.15. The number of ether oxygens (including phenoxy) is 1. The summed E-state index contributed by atoms with van der Waals surface area (Å²) in [6, 6.07) is 10.4. The molecule has 0 bridgehead atoms. The van der Waals surface area contributed by atoms with Crippen molar-refractivity contribution >= 4 is 16.7 Å². The number of nitrogens with one attached hydrogen (secondary N) is 1. The van der Waals surface area contributed by atoms with E-state index < -0.39 is 0 Å². The fourth-order valence-corrected chi connectivity index (χ4v) is 2.46. The smallest absolute Gasteiger partial charge is 0.127 e. The molecule has 1 aliphatic rings. The first-order valence-corrected chi connectivity index (χ1v) is 6.55. The molecule has 1 atom stereocenters. The van der Waals surface area contributed by atoms with Gasteiger partial charge < -0.3 is 10.1 Å². The number of hydrogen-bond donors (Lipinski definition) is 1. The minimum Gasteiger partial charge on any atom is -0.376 e. The van der Waals surface area contributed by atoms with Crippen LogP contribution in [0.3, 0.4) is 0 Å². The van der Waals surface area contributed by atoms with Crippen LogP contribution < -0.4 is 5.32 Å². The summed E-state index contributed by atoms with van der Waals surface area (Å²) in [6.45, 7) is 3.88. The average molecular weight is 242 g/mol. The van der Waals surface area contributed by atoms with Crippen LogP contribution >= 0.6 is 0 Å². The predicted octanol–water partition coefficient (Wildman–Crippen LogP) is 3.13. The first-order chi connectivity index (χ1) is 8.83. The Morgan fingerprint density at radius 2 is 2.28 bits per heavy atom. The van der Waals surface area contributed by atoms with Gasteiger partial charge in [0, 0.05) is 18.5 Å². The second-order valence-electron chi connectivity index (χ2n) is 4.86. The van der Waals surface area contributed by atoms with Crippen LogP contribution in [-0.2, 0) is 4.74 Å². The Labute approximate surface area is 107 Å². The Bertz CT molecular complexity index is 547. The minimum atomic E-state index is 0.346. The summed E-state index contributed by atoms with van der Waals surface area (Å²) in [4.78, 5) is 4.63. The van der Waals surface area contributed by atoms with Gasteiger partial charge in [-0.2, -0.15) is 0 Å². The topological polar surface area (TPSA) is 34.1 Å². The molecule has 0 saturated carbocycles. The zero-order valence-electron chi connectivity index (χ0n) is 10.6. The van der Waals surface area contributed by atoms with Crippen LogP contribution in [0, 0.1) is 6.92 Å². The number of fused-ring (bicyclic) bond motifs is 1. The van der Waals surface area contributed by atoms with E-state index in [-0.39, 0.29) is 0 Å². The lowest BCUT2D eigenvalue weighted by Gasteiger charge is -2.12. The van der Waals surface area contributed by atoms with Crippen LogP contribution in [-0.4, -0.2) is 24.2 Å². The van der Waals surface area contributed by atoms with Crippen molar-refractivity contribution < 1.29 is 4.74 Å². The summed E-state index contributed by atoms with van der Waals surface area (Å²) in [5, 5.41) is 4.61. The van der Waals surface area contributed by atoms with Crippen LogP contribution in [0.15, 0.2) is 30.3 Å². The van der Waals surface area contributed by atoms with Crippen molar-refractivity contribution in [2.45, 2.75) is 25.9 Å². The molecule has 94 valence electrons. The van der Waals surface area contributed by atoms with Crippen LogP contribution in [0.4, 0.5) is 5.82 Å². The quantitative estimate of drug-likeness (QED) is 0.897. The van der Waals surface area contributed by atoms with Crippen molar-refractivity contribution in [2.75, 3.05) is 18.5 Å². The van der Waals surface area contributed by atoms with E-state index in [2.05, 4.69) is 41.5 Å². The van der Waals surface area contributed by atoms with Gasteiger partial charge in [-0.3, -0.25) is 0 Å². The van der Waals surface area contributed by atoms with Crippen LogP contribution in [0.2, 0.25) is 0 Å². The Morgan fingerprint density at radius 3 is 3.11 bits per heavy atom.